The molecular weight excluding hydrogens is 194 g/mol. The molecular formula is C6H11N3O5. The first kappa shape index (κ1) is 11.2. The molecule has 8 heteroatoms. The van der Waals surface area contributed by atoms with Crippen LogP contribution < -0.4 is 0 Å². The molecule has 5 atom stereocenters. The van der Waals surface area contributed by atoms with Gasteiger partial charge in [0.2, 0.25) is 0 Å². The first-order valence-corrected chi connectivity index (χ1v) is 3.96. The summed E-state index contributed by atoms with van der Waals surface area (Å²) >= 11 is 0. The third-order valence-electron chi connectivity index (χ3n) is 2.03. The van der Waals surface area contributed by atoms with Gasteiger partial charge in [0.1, 0.15) is 24.4 Å². The second kappa shape index (κ2) is 4.56. The second-order valence-corrected chi connectivity index (χ2v) is 2.92. The molecule has 0 amide bonds. The zero-order chi connectivity index (χ0) is 10.7. The average molecular weight is 205 g/mol. The van der Waals surface area contributed by atoms with Crippen molar-refractivity contribution in [2.24, 2.45) is 5.11 Å². The molecule has 0 aromatic carbocycles. The van der Waals surface area contributed by atoms with Crippen LogP contribution in [0.1, 0.15) is 0 Å². The van der Waals surface area contributed by atoms with Gasteiger partial charge in [-0.25, -0.2) is 0 Å². The molecule has 0 aromatic rings. The summed E-state index contributed by atoms with van der Waals surface area (Å²) in [5.41, 5.74) is 8.11. The third-order valence-corrected chi connectivity index (χ3v) is 2.03. The number of azide groups is 1. The lowest BCUT2D eigenvalue weighted by Gasteiger charge is -2.37. The number of aliphatic hydroxyl groups is 4. The van der Waals surface area contributed by atoms with Crippen LogP contribution in [-0.2, 0) is 4.74 Å². The molecule has 1 saturated heterocycles. The van der Waals surface area contributed by atoms with Crippen molar-refractivity contribution in [2.75, 3.05) is 6.61 Å². The van der Waals surface area contributed by atoms with E-state index in [1.807, 2.05) is 0 Å². The average Bonchev–Trinajstić information content (AvgIpc) is 2.19. The number of hydrogen-bond acceptors (Lipinski definition) is 6. The van der Waals surface area contributed by atoms with Gasteiger partial charge in [-0.2, -0.15) is 0 Å². The topological polar surface area (TPSA) is 139 Å². The summed E-state index contributed by atoms with van der Waals surface area (Å²) in [4.78, 5) is 2.40. The fourth-order valence-electron chi connectivity index (χ4n) is 1.23. The van der Waals surface area contributed by atoms with E-state index < -0.39 is 37.3 Å². The smallest absolute Gasteiger partial charge is 0.165 e. The fourth-order valence-corrected chi connectivity index (χ4v) is 1.23. The molecule has 8 nitrogen and oxygen atoms in total. The zero-order valence-electron chi connectivity index (χ0n) is 7.13. The molecule has 1 aliphatic rings. The van der Waals surface area contributed by atoms with Gasteiger partial charge in [0.05, 0.1) is 6.61 Å². The Bertz CT molecular complexity index is 242. The lowest BCUT2D eigenvalue weighted by atomic mass is 9.99. The van der Waals surface area contributed by atoms with Crippen molar-refractivity contribution in [3.05, 3.63) is 10.4 Å². The van der Waals surface area contributed by atoms with Crippen LogP contribution in [-0.4, -0.2) is 57.7 Å². The van der Waals surface area contributed by atoms with Gasteiger partial charge in [0.15, 0.2) is 6.23 Å². The molecule has 0 saturated carbocycles. The van der Waals surface area contributed by atoms with Gasteiger partial charge in [-0.15, -0.1) is 0 Å². The van der Waals surface area contributed by atoms with Crippen molar-refractivity contribution in [3.8, 4) is 0 Å². The predicted octanol–water partition coefficient (Wildman–Crippen LogP) is -1.90. The highest BCUT2D eigenvalue weighted by molar-refractivity contribution is 4.90. The van der Waals surface area contributed by atoms with E-state index in [4.69, 9.17) is 15.4 Å². The van der Waals surface area contributed by atoms with Crippen molar-refractivity contribution in [1.29, 1.82) is 0 Å². The molecule has 2 unspecified atom stereocenters. The summed E-state index contributed by atoms with van der Waals surface area (Å²) in [5, 5.41) is 39.6. The Morgan fingerprint density at radius 1 is 1.21 bits per heavy atom. The van der Waals surface area contributed by atoms with Crippen LogP contribution in [0.3, 0.4) is 0 Å². The van der Waals surface area contributed by atoms with Crippen LogP contribution in [0.4, 0.5) is 0 Å². The van der Waals surface area contributed by atoms with Gasteiger partial charge in [0, 0.05) is 4.91 Å². The van der Waals surface area contributed by atoms with Gasteiger partial charge in [-0.1, -0.05) is 5.11 Å². The Labute approximate surface area is 79.0 Å². The van der Waals surface area contributed by atoms with Gasteiger partial charge in [-0.05, 0) is 5.53 Å². The van der Waals surface area contributed by atoms with E-state index in [9.17, 15) is 15.3 Å². The molecule has 80 valence electrons. The van der Waals surface area contributed by atoms with Crippen molar-refractivity contribution < 1.29 is 25.2 Å². The van der Waals surface area contributed by atoms with E-state index in [-0.39, 0.29) is 0 Å². The monoisotopic (exact) mass is 205 g/mol. The largest absolute Gasteiger partial charge is 0.394 e. The van der Waals surface area contributed by atoms with Crippen LogP contribution in [0.2, 0.25) is 0 Å². The Kier molecular flexibility index (Phi) is 3.64. The maximum atomic E-state index is 9.27. The second-order valence-electron chi connectivity index (χ2n) is 2.92. The van der Waals surface area contributed by atoms with Crippen molar-refractivity contribution in [1.82, 2.24) is 0 Å². The summed E-state index contributed by atoms with van der Waals surface area (Å²) in [6.45, 7) is -0.539. The van der Waals surface area contributed by atoms with Gasteiger partial charge in [0.25, 0.3) is 0 Å². The maximum Gasteiger partial charge on any atom is 0.165 e. The van der Waals surface area contributed by atoms with Crippen molar-refractivity contribution in [3.63, 3.8) is 0 Å². The van der Waals surface area contributed by atoms with Gasteiger partial charge < -0.3 is 25.2 Å². The first-order valence-electron chi connectivity index (χ1n) is 3.96. The van der Waals surface area contributed by atoms with Crippen LogP contribution in [0, 0.1) is 0 Å². The standard InChI is InChI=1S/C6H11N3O5/c7-9-8-6-5(13)4(12)3(11)2(1-10)14-6/h2-6,10-13H,1H2/t2?,3-,4?,5+,6+/m1/s1. The molecule has 0 spiro atoms. The summed E-state index contributed by atoms with van der Waals surface area (Å²) in [5.74, 6) is 0. The Balaban J connectivity index is 2.77. The first-order chi connectivity index (χ1) is 6.61. The highest BCUT2D eigenvalue weighted by Gasteiger charge is 2.42. The lowest BCUT2D eigenvalue weighted by Crippen LogP contribution is -2.57. The molecule has 0 aromatic heterocycles. The summed E-state index contributed by atoms with van der Waals surface area (Å²) in [7, 11) is 0. The minimum absolute atomic E-state index is 0.539. The minimum atomic E-state index is -1.50. The lowest BCUT2D eigenvalue weighted by molar-refractivity contribution is -0.227. The van der Waals surface area contributed by atoms with Crippen LogP contribution in [0.15, 0.2) is 5.11 Å². The molecule has 1 rings (SSSR count). The van der Waals surface area contributed by atoms with Gasteiger partial charge in [-0.3, -0.25) is 0 Å². The predicted molar refractivity (Wildman–Crippen MR) is 42.9 cm³/mol. The molecule has 0 aliphatic carbocycles. The van der Waals surface area contributed by atoms with E-state index in [1.165, 1.54) is 0 Å². The summed E-state index contributed by atoms with van der Waals surface area (Å²) < 4.78 is 4.84. The van der Waals surface area contributed by atoms with E-state index >= 15 is 0 Å². The quantitative estimate of drug-likeness (QED) is 0.237. The highest BCUT2D eigenvalue weighted by atomic mass is 16.6. The van der Waals surface area contributed by atoms with E-state index in [2.05, 4.69) is 10.0 Å². The van der Waals surface area contributed by atoms with Crippen LogP contribution in [0.25, 0.3) is 10.4 Å². The summed E-state index contributed by atoms with van der Waals surface area (Å²) in [6.07, 6.45) is -6.76. The van der Waals surface area contributed by atoms with Crippen LogP contribution in [0.5, 0.6) is 0 Å². The molecule has 1 aliphatic heterocycles. The van der Waals surface area contributed by atoms with E-state index in [1.54, 1.807) is 0 Å². The number of ether oxygens (including phenoxy) is 1. The normalized spacial score (nSPS) is 43.0. The number of rotatable bonds is 2. The van der Waals surface area contributed by atoms with Gasteiger partial charge >= 0.3 is 0 Å². The molecule has 14 heavy (non-hydrogen) atoms. The fraction of sp³-hybridized carbons (Fsp3) is 1.00. The highest BCUT2D eigenvalue weighted by Crippen LogP contribution is 2.21. The van der Waals surface area contributed by atoms with Crippen LogP contribution >= 0.6 is 0 Å². The van der Waals surface area contributed by atoms with Crippen molar-refractivity contribution in [2.45, 2.75) is 30.6 Å². The third kappa shape index (κ3) is 1.95. The zero-order valence-corrected chi connectivity index (χ0v) is 7.13. The molecule has 1 heterocycles. The number of aliphatic hydroxyl groups excluding tert-OH is 4. The Morgan fingerprint density at radius 2 is 1.86 bits per heavy atom. The number of nitrogens with zero attached hydrogens (tertiary/aromatic N) is 3. The molecule has 0 radical (unpaired) electrons. The Morgan fingerprint density at radius 3 is 2.36 bits per heavy atom. The number of hydrogen-bond donors (Lipinski definition) is 4. The van der Waals surface area contributed by atoms with Crippen molar-refractivity contribution >= 4 is 0 Å². The SMILES string of the molecule is [N-]=[N+]=N[C@H]1OC(CO)[C@@H](O)C(O)[C@@H]1O. The molecule has 1 fully saturated rings. The minimum Gasteiger partial charge on any atom is -0.394 e. The molecule has 4 N–H and O–H groups in total. The van der Waals surface area contributed by atoms with E-state index in [0.717, 1.165) is 0 Å². The molecule has 0 bridgehead atoms. The van der Waals surface area contributed by atoms with E-state index in [0.29, 0.717) is 0 Å². The Hall–Kier alpha value is -0.890. The maximum absolute atomic E-state index is 9.27. The summed E-state index contributed by atoms with van der Waals surface area (Å²) in [6, 6.07) is 0.